The summed E-state index contributed by atoms with van der Waals surface area (Å²) >= 11 is 0. The van der Waals surface area contributed by atoms with Crippen LogP contribution in [0.5, 0.6) is 5.75 Å². The largest absolute Gasteiger partial charge is 0.492 e. The number of hydrogen-bond acceptors (Lipinski definition) is 5. The monoisotopic (exact) mass is 342 g/mol. The Balaban J connectivity index is 1.42. The van der Waals surface area contributed by atoms with E-state index in [9.17, 15) is 4.79 Å². The van der Waals surface area contributed by atoms with Crippen LogP contribution in [0.1, 0.15) is 19.8 Å². The Morgan fingerprint density at radius 1 is 1.24 bits per heavy atom. The zero-order valence-corrected chi connectivity index (χ0v) is 14.7. The van der Waals surface area contributed by atoms with E-state index in [4.69, 9.17) is 4.74 Å². The Morgan fingerprint density at radius 3 is 2.72 bits per heavy atom. The molecular weight excluding hydrogens is 316 g/mol. The maximum absolute atomic E-state index is 12.2. The van der Waals surface area contributed by atoms with E-state index in [1.54, 1.807) is 17.0 Å². The molecule has 0 saturated carbocycles. The van der Waals surface area contributed by atoms with Gasteiger partial charge >= 0.3 is 0 Å². The van der Waals surface area contributed by atoms with Gasteiger partial charge in [-0.2, -0.15) is 0 Å². The van der Waals surface area contributed by atoms with Crippen LogP contribution in [0.15, 0.2) is 47.5 Å². The quantitative estimate of drug-likeness (QED) is 0.836. The van der Waals surface area contributed by atoms with Crippen molar-refractivity contribution in [2.24, 2.45) is 0 Å². The van der Waals surface area contributed by atoms with Crippen LogP contribution in [-0.4, -0.2) is 46.7 Å². The first-order valence-electron chi connectivity index (χ1n) is 8.98. The van der Waals surface area contributed by atoms with E-state index in [1.807, 2.05) is 37.3 Å². The Morgan fingerprint density at radius 2 is 2.00 bits per heavy atom. The molecular formula is C19H26N4O2. The molecule has 6 nitrogen and oxygen atoms in total. The number of para-hydroxylation sites is 1. The summed E-state index contributed by atoms with van der Waals surface area (Å²) in [6.45, 7) is 6.25. The summed E-state index contributed by atoms with van der Waals surface area (Å²) in [6.07, 6.45) is 5.42. The van der Waals surface area contributed by atoms with Crippen LogP contribution >= 0.6 is 0 Å². The third-order valence-electron chi connectivity index (χ3n) is 4.60. The van der Waals surface area contributed by atoms with E-state index >= 15 is 0 Å². The molecule has 0 atom stereocenters. The first-order valence-corrected chi connectivity index (χ1v) is 8.98. The lowest BCUT2D eigenvalue weighted by Crippen LogP contribution is -2.42. The number of piperidine rings is 1. The molecule has 1 aromatic heterocycles. The molecule has 0 radical (unpaired) electrons. The van der Waals surface area contributed by atoms with Gasteiger partial charge in [0.1, 0.15) is 12.4 Å². The number of nitrogens with zero attached hydrogens (tertiary/aromatic N) is 3. The number of nitrogens with one attached hydrogen (secondary N) is 1. The minimum absolute atomic E-state index is 0.0382. The second kappa shape index (κ2) is 8.67. The van der Waals surface area contributed by atoms with E-state index in [-0.39, 0.29) is 5.56 Å². The molecule has 0 unspecified atom stereocenters. The average Bonchev–Trinajstić information content (AvgIpc) is 2.66. The summed E-state index contributed by atoms with van der Waals surface area (Å²) in [5.74, 6) is 1.39. The van der Waals surface area contributed by atoms with Crippen LogP contribution in [0.2, 0.25) is 0 Å². The summed E-state index contributed by atoms with van der Waals surface area (Å²) in [5.41, 5.74) is -0.0382. The minimum atomic E-state index is -0.0382. The fraction of sp³-hybridized carbons (Fsp3) is 0.474. The zero-order valence-electron chi connectivity index (χ0n) is 14.7. The number of hydrogen-bond donors (Lipinski definition) is 1. The lowest BCUT2D eigenvalue weighted by Gasteiger charge is -2.32. The number of likely N-dealkylation sites (tertiary alicyclic amines) is 1. The molecule has 6 heteroatoms. The molecule has 0 aliphatic carbocycles. The van der Waals surface area contributed by atoms with Gasteiger partial charge in [-0.3, -0.25) is 9.69 Å². The predicted octanol–water partition coefficient (Wildman–Crippen LogP) is 2.22. The summed E-state index contributed by atoms with van der Waals surface area (Å²) in [6, 6.07) is 10.2. The highest BCUT2D eigenvalue weighted by Crippen LogP contribution is 2.14. The second-order valence-corrected chi connectivity index (χ2v) is 6.29. The molecule has 0 bridgehead atoms. The van der Waals surface area contributed by atoms with Gasteiger partial charge in [0.15, 0.2) is 5.82 Å². The SMILES string of the molecule is CCn1ccnc(NC2CCN(CCOc3ccccc3)CC2)c1=O. The standard InChI is InChI=1S/C19H26N4O2/c1-2-23-13-10-20-18(19(23)24)21-16-8-11-22(12-9-16)14-15-25-17-6-4-3-5-7-17/h3-7,10,13,16H,2,8-9,11-12,14-15H2,1H3,(H,20,21). The molecule has 2 heterocycles. The summed E-state index contributed by atoms with van der Waals surface area (Å²) in [7, 11) is 0. The third kappa shape index (κ3) is 4.82. The van der Waals surface area contributed by atoms with Crippen LogP contribution in [0.3, 0.4) is 0 Å². The average molecular weight is 342 g/mol. The van der Waals surface area contributed by atoms with E-state index in [2.05, 4.69) is 15.2 Å². The van der Waals surface area contributed by atoms with Crippen LogP contribution in [0.25, 0.3) is 0 Å². The van der Waals surface area contributed by atoms with Crippen molar-refractivity contribution < 1.29 is 4.74 Å². The topological polar surface area (TPSA) is 59.4 Å². The summed E-state index contributed by atoms with van der Waals surface area (Å²) < 4.78 is 7.43. The Hall–Kier alpha value is -2.34. The number of aryl methyl sites for hydroxylation is 1. The maximum Gasteiger partial charge on any atom is 0.293 e. The molecule has 3 rings (SSSR count). The van der Waals surface area contributed by atoms with Crippen LogP contribution in [0, 0.1) is 0 Å². The molecule has 0 amide bonds. The Kier molecular flexibility index (Phi) is 6.06. The van der Waals surface area contributed by atoms with Crippen molar-refractivity contribution in [3.63, 3.8) is 0 Å². The highest BCUT2D eigenvalue weighted by molar-refractivity contribution is 5.32. The van der Waals surface area contributed by atoms with Gasteiger partial charge in [-0.05, 0) is 31.9 Å². The highest BCUT2D eigenvalue weighted by Gasteiger charge is 2.20. The van der Waals surface area contributed by atoms with Gasteiger partial charge in [0.05, 0.1) is 0 Å². The van der Waals surface area contributed by atoms with Gasteiger partial charge in [-0.15, -0.1) is 0 Å². The van der Waals surface area contributed by atoms with Crippen molar-refractivity contribution in [3.05, 3.63) is 53.1 Å². The van der Waals surface area contributed by atoms with E-state index in [1.165, 1.54) is 0 Å². The lowest BCUT2D eigenvalue weighted by molar-refractivity contribution is 0.177. The van der Waals surface area contributed by atoms with Crippen LogP contribution in [0.4, 0.5) is 5.82 Å². The van der Waals surface area contributed by atoms with Crippen LogP contribution in [-0.2, 0) is 6.54 Å². The van der Waals surface area contributed by atoms with Crippen molar-refractivity contribution in [1.29, 1.82) is 0 Å². The number of rotatable bonds is 7. The molecule has 1 aliphatic rings. The van der Waals surface area contributed by atoms with Gasteiger partial charge in [0.25, 0.3) is 5.56 Å². The predicted molar refractivity (Wildman–Crippen MR) is 99.2 cm³/mol. The van der Waals surface area contributed by atoms with Gasteiger partial charge in [0, 0.05) is 44.6 Å². The van der Waals surface area contributed by atoms with Crippen molar-refractivity contribution in [2.75, 3.05) is 31.6 Å². The smallest absolute Gasteiger partial charge is 0.293 e. The molecule has 134 valence electrons. The first-order chi connectivity index (χ1) is 12.3. The minimum Gasteiger partial charge on any atom is -0.492 e. The van der Waals surface area contributed by atoms with Gasteiger partial charge in [-0.1, -0.05) is 18.2 Å². The second-order valence-electron chi connectivity index (χ2n) is 6.29. The number of aromatic nitrogens is 2. The number of anilines is 1. The summed E-state index contributed by atoms with van der Waals surface area (Å²) in [4.78, 5) is 18.8. The van der Waals surface area contributed by atoms with E-state index in [0.717, 1.165) is 38.2 Å². The van der Waals surface area contributed by atoms with Gasteiger partial charge in [-0.25, -0.2) is 4.98 Å². The van der Waals surface area contributed by atoms with E-state index < -0.39 is 0 Å². The summed E-state index contributed by atoms with van der Waals surface area (Å²) in [5, 5.41) is 3.32. The van der Waals surface area contributed by atoms with Crippen molar-refractivity contribution >= 4 is 5.82 Å². The van der Waals surface area contributed by atoms with Crippen molar-refractivity contribution in [2.45, 2.75) is 32.4 Å². The van der Waals surface area contributed by atoms with Gasteiger partial charge < -0.3 is 14.6 Å². The Bertz CT molecular complexity index is 709. The molecule has 1 aliphatic heterocycles. The molecule has 2 aromatic rings. The molecule has 1 fully saturated rings. The van der Waals surface area contributed by atoms with Crippen molar-refractivity contribution in [1.82, 2.24) is 14.5 Å². The third-order valence-corrected chi connectivity index (χ3v) is 4.60. The molecule has 1 saturated heterocycles. The number of benzene rings is 1. The first kappa shape index (κ1) is 17.5. The van der Waals surface area contributed by atoms with Crippen LogP contribution < -0.4 is 15.6 Å². The fourth-order valence-corrected chi connectivity index (χ4v) is 3.10. The zero-order chi connectivity index (χ0) is 17.5. The number of ether oxygens (including phenoxy) is 1. The van der Waals surface area contributed by atoms with Gasteiger partial charge in [0.2, 0.25) is 0 Å². The van der Waals surface area contributed by atoms with E-state index in [0.29, 0.717) is 25.0 Å². The highest BCUT2D eigenvalue weighted by atomic mass is 16.5. The molecule has 1 N–H and O–H groups in total. The normalized spacial score (nSPS) is 15.9. The lowest BCUT2D eigenvalue weighted by atomic mass is 10.1. The molecule has 25 heavy (non-hydrogen) atoms. The Labute approximate surface area is 148 Å². The van der Waals surface area contributed by atoms with Crippen molar-refractivity contribution in [3.8, 4) is 5.75 Å². The molecule has 1 aromatic carbocycles. The fourth-order valence-electron chi connectivity index (χ4n) is 3.10. The molecule has 0 spiro atoms. The maximum atomic E-state index is 12.2.